The minimum absolute atomic E-state index is 0.566. The van der Waals surface area contributed by atoms with Crippen molar-refractivity contribution in [2.24, 2.45) is 0 Å². The van der Waals surface area contributed by atoms with E-state index >= 15 is 0 Å². The maximum Gasteiger partial charge on any atom is 0.141 e. The molecule has 1 aromatic carbocycles. The van der Waals surface area contributed by atoms with Crippen LogP contribution in [0.2, 0.25) is 0 Å². The zero-order valence-electron chi connectivity index (χ0n) is 10.1. The first-order valence-corrected chi connectivity index (χ1v) is 7.90. The van der Waals surface area contributed by atoms with Crippen LogP contribution in [0.5, 0.6) is 0 Å². The Balaban J connectivity index is 2.43. The molecule has 2 aromatic rings. The summed E-state index contributed by atoms with van der Waals surface area (Å²) >= 11 is 4.00. The molecule has 0 bridgehead atoms. The smallest absolute Gasteiger partial charge is 0.141 e. The number of hydrogen-bond donors (Lipinski definition) is 1. The Kier molecular flexibility index (Phi) is 4.82. The molecule has 0 radical (unpaired) electrons. The number of nitrogen functional groups attached to an aromatic ring is 1. The summed E-state index contributed by atoms with van der Waals surface area (Å²) in [7, 11) is 0. The fraction of sp³-hybridized carbons (Fsp3) is 0.231. The van der Waals surface area contributed by atoms with E-state index in [9.17, 15) is 0 Å². The molecule has 2 N–H and O–H groups in total. The molecule has 0 aliphatic rings. The predicted octanol–water partition coefficient (Wildman–Crippen LogP) is 3.58. The Bertz CT molecular complexity index is 531. The first-order chi connectivity index (χ1) is 8.72. The van der Waals surface area contributed by atoms with Gasteiger partial charge in [-0.2, -0.15) is 11.8 Å². The summed E-state index contributed by atoms with van der Waals surface area (Å²) in [5.74, 6) is 3.22. The third kappa shape index (κ3) is 3.14. The van der Waals surface area contributed by atoms with Crippen molar-refractivity contribution in [2.75, 3.05) is 11.5 Å². The standard InChI is InChI=1S/C13H14IN3S/c1-2-18-8-10-16-12(11(14)13(15)17-10)9-6-4-3-5-7-9/h3-7H,2,8H2,1H3,(H2,15,16,17). The fourth-order valence-electron chi connectivity index (χ4n) is 1.56. The zero-order chi connectivity index (χ0) is 13.0. The quantitative estimate of drug-likeness (QED) is 0.835. The molecule has 3 nitrogen and oxygen atoms in total. The Hall–Kier alpha value is -0.820. The number of nitrogens with two attached hydrogens (primary N) is 1. The lowest BCUT2D eigenvalue weighted by atomic mass is 10.1. The van der Waals surface area contributed by atoms with E-state index in [2.05, 4.69) is 39.5 Å². The highest BCUT2D eigenvalue weighted by atomic mass is 127. The number of nitrogens with zero attached hydrogens (tertiary/aromatic N) is 2. The molecule has 1 aromatic heterocycles. The average Bonchev–Trinajstić information content (AvgIpc) is 2.41. The largest absolute Gasteiger partial charge is 0.383 e. The Labute approximate surface area is 125 Å². The number of rotatable bonds is 4. The van der Waals surface area contributed by atoms with Crippen molar-refractivity contribution in [2.45, 2.75) is 12.7 Å². The molecule has 0 unspecified atom stereocenters. The van der Waals surface area contributed by atoms with Crippen LogP contribution in [-0.2, 0) is 5.75 Å². The Morgan fingerprint density at radius 2 is 1.94 bits per heavy atom. The molecule has 94 valence electrons. The molecule has 0 atom stereocenters. The zero-order valence-corrected chi connectivity index (χ0v) is 13.0. The number of anilines is 1. The van der Waals surface area contributed by atoms with E-state index in [1.165, 1.54) is 0 Å². The molecule has 1 heterocycles. The van der Waals surface area contributed by atoms with Gasteiger partial charge in [-0.05, 0) is 28.3 Å². The fourth-order valence-corrected chi connectivity index (χ4v) is 2.63. The van der Waals surface area contributed by atoms with Crippen LogP contribution in [0.15, 0.2) is 30.3 Å². The van der Waals surface area contributed by atoms with Gasteiger partial charge < -0.3 is 5.73 Å². The molecule has 18 heavy (non-hydrogen) atoms. The first-order valence-electron chi connectivity index (χ1n) is 5.67. The van der Waals surface area contributed by atoms with Gasteiger partial charge in [-0.3, -0.25) is 0 Å². The van der Waals surface area contributed by atoms with E-state index in [1.807, 2.05) is 30.3 Å². The van der Waals surface area contributed by atoms with E-state index in [1.54, 1.807) is 11.8 Å². The van der Waals surface area contributed by atoms with E-state index in [0.29, 0.717) is 5.82 Å². The van der Waals surface area contributed by atoms with Gasteiger partial charge in [-0.25, -0.2) is 9.97 Å². The SMILES string of the molecule is CCSCc1nc(N)c(I)c(-c2ccccc2)n1. The van der Waals surface area contributed by atoms with Gasteiger partial charge >= 0.3 is 0 Å². The van der Waals surface area contributed by atoms with Crippen molar-refractivity contribution in [3.8, 4) is 11.3 Å². The van der Waals surface area contributed by atoms with Crippen LogP contribution in [0.25, 0.3) is 11.3 Å². The highest BCUT2D eigenvalue weighted by Gasteiger charge is 2.11. The topological polar surface area (TPSA) is 51.8 Å². The summed E-state index contributed by atoms with van der Waals surface area (Å²) in [5, 5.41) is 0. The van der Waals surface area contributed by atoms with Gasteiger partial charge in [0, 0.05) is 5.56 Å². The van der Waals surface area contributed by atoms with Gasteiger partial charge in [-0.1, -0.05) is 37.3 Å². The van der Waals surface area contributed by atoms with Crippen molar-refractivity contribution in [3.05, 3.63) is 39.7 Å². The maximum absolute atomic E-state index is 5.96. The van der Waals surface area contributed by atoms with Crippen LogP contribution < -0.4 is 5.73 Å². The molecule has 0 amide bonds. The molecule has 0 aliphatic carbocycles. The number of halogens is 1. The van der Waals surface area contributed by atoms with Crippen LogP contribution >= 0.6 is 34.4 Å². The lowest BCUT2D eigenvalue weighted by Gasteiger charge is -2.08. The van der Waals surface area contributed by atoms with Crippen LogP contribution in [0.1, 0.15) is 12.7 Å². The van der Waals surface area contributed by atoms with Crippen LogP contribution in [0.3, 0.4) is 0 Å². The van der Waals surface area contributed by atoms with Gasteiger partial charge in [-0.15, -0.1) is 0 Å². The van der Waals surface area contributed by atoms with Crippen LogP contribution in [0.4, 0.5) is 5.82 Å². The highest BCUT2D eigenvalue weighted by Crippen LogP contribution is 2.27. The first kappa shape index (κ1) is 13.6. The van der Waals surface area contributed by atoms with Gasteiger partial charge in [0.25, 0.3) is 0 Å². The van der Waals surface area contributed by atoms with Crippen molar-refractivity contribution >= 4 is 40.2 Å². The summed E-state index contributed by atoms with van der Waals surface area (Å²) in [6, 6.07) is 10.1. The molecule has 0 spiro atoms. The monoisotopic (exact) mass is 371 g/mol. The summed E-state index contributed by atoms with van der Waals surface area (Å²) in [4.78, 5) is 8.96. The van der Waals surface area contributed by atoms with Crippen molar-refractivity contribution in [1.82, 2.24) is 9.97 Å². The van der Waals surface area contributed by atoms with Gasteiger partial charge in [0.2, 0.25) is 0 Å². The molecular formula is C13H14IN3S. The van der Waals surface area contributed by atoms with Crippen molar-refractivity contribution in [1.29, 1.82) is 0 Å². The lowest BCUT2D eigenvalue weighted by Crippen LogP contribution is -2.04. The molecule has 0 saturated heterocycles. The van der Waals surface area contributed by atoms with Gasteiger partial charge in [0.05, 0.1) is 15.0 Å². The van der Waals surface area contributed by atoms with Crippen molar-refractivity contribution in [3.63, 3.8) is 0 Å². The van der Waals surface area contributed by atoms with Gasteiger partial charge in [0.1, 0.15) is 11.6 Å². The number of thioether (sulfide) groups is 1. The lowest BCUT2D eigenvalue weighted by molar-refractivity contribution is 1.04. The summed E-state index contributed by atoms with van der Waals surface area (Å²) in [6.45, 7) is 2.12. The summed E-state index contributed by atoms with van der Waals surface area (Å²) in [6.07, 6.45) is 0. The van der Waals surface area contributed by atoms with E-state index < -0.39 is 0 Å². The second kappa shape index (κ2) is 6.38. The molecule has 5 heteroatoms. The molecule has 0 aliphatic heterocycles. The Morgan fingerprint density at radius 1 is 1.22 bits per heavy atom. The second-order valence-electron chi connectivity index (χ2n) is 3.69. The predicted molar refractivity (Wildman–Crippen MR) is 86.4 cm³/mol. The summed E-state index contributed by atoms with van der Waals surface area (Å²) in [5.41, 5.74) is 7.97. The third-order valence-electron chi connectivity index (χ3n) is 2.41. The minimum atomic E-state index is 0.566. The maximum atomic E-state index is 5.96. The van der Waals surface area contributed by atoms with Crippen LogP contribution in [0, 0.1) is 3.57 Å². The second-order valence-corrected chi connectivity index (χ2v) is 6.04. The minimum Gasteiger partial charge on any atom is -0.383 e. The number of benzene rings is 1. The van der Waals surface area contributed by atoms with Crippen molar-refractivity contribution < 1.29 is 0 Å². The highest BCUT2D eigenvalue weighted by molar-refractivity contribution is 14.1. The normalized spacial score (nSPS) is 10.6. The van der Waals surface area contributed by atoms with E-state index in [0.717, 1.165) is 32.2 Å². The van der Waals surface area contributed by atoms with E-state index in [4.69, 9.17) is 5.73 Å². The molecule has 0 fully saturated rings. The molecule has 2 rings (SSSR count). The molecular weight excluding hydrogens is 357 g/mol. The number of hydrogen-bond acceptors (Lipinski definition) is 4. The van der Waals surface area contributed by atoms with E-state index in [-0.39, 0.29) is 0 Å². The van der Waals surface area contributed by atoms with Crippen LogP contribution in [-0.4, -0.2) is 15.7 Å². The van der Waals surface area contributed by atoms with Gasteiger partial charge in [0.15, 0.2) is 0 Å². The molecule has 0 saturated carbocycles. The number of aromatic nitrogens is 2. The summed E-state index contributed by atoms with van der Waals surface area (Å²) < 4.78 is 0.920. The average molecular weight is 371 g/mol. The Morgan fingerprint density at radius 3 is 2.61 bits per heavy atom. The third-order valence-corrected chi connectivity index (χ3v) is 4.34.